The summed E-state index contributed by atoms with van der Waals surface area (Å²) in [5.41, 5.74) is 1.29. The maximum atomic E-state index is 9.18. The highest BCUT2D eigenvalue weighted by Gasteiger charge is 2.33. The second-order valence-electron chi connectivity index (χ2n) is 3.41. The van der Waals surface area contributed by atoms with Crippen LogP contribution in [0.2, 0.25) is 0 Å². The summed E-state index contributed by atoms with van der Waals surface area (Å²) in [6, 6.07) is 7.59. The van der Waals surface area contributed by atoms with Gasteiger partial charge in [-0.15, -0.1) is 0 Å². The summed E-state index contributed by atoms with van der Waals surface area (Å²) in [5.74, 6) is 1.92. The molecule has 0 aromatic heterocycles. The topological polar surface area (TPSA) is 20.2 Å². The summed E-state index contributed by atoms with van der Waals surface area (Å²) in [4.78, 5) is 0. The molecule has 1 aliphatic carbocycles. The van der Waals surface area contributed by atoms with E-state index in [0.717, 1.165) is 5.92 Å². The van der Waals surface area contributed by atoms with E-state index in [9.17, 15) is 5.11 Å². The molecule has 58 valence electrons. The number of benzene rings is 1. The summed E-state index contributed by atoms with van der Waals surface area (Å²) in [6.07, 6.45) is 1.28. The van der Waals surface area contributed by atoms with E-state index in [1.807, 2.05) is 12.1 Å². The second kappa shape index (κ2) is 2.26. The van der Waals surface area contributed by atoms with Crippen LogP contribution < -0.4 is 0 Å². The minimum Gasteiger partial charge on any atom is -0.508 e. The summed E-state index contributed by atoms with van der Waals surface area (Å²) in [5, 5.41) is 9.18. The Bertz CT molecular complexity index is 267. The molecule has 0 spiro atoms. The van der Waals surface area contributed by atoms with Crippen LogP contribution in [0.3, 0.4) is 0 Å². The van der Waals surface area contributed by atoms with Gasteiger partial charge in [0.05, 0.1) is 0 Å². The van der Waals surface area contributed by atoms with E-state index in [1.54, 1.807) is 6.07 Å². The first-order valence-electron chi connectivity index (χ1n) is 4.06. The molecule has 0 bridgehead atoms. The van der Waals surface area contributed by atoms with Crippen LogP contribution in [-0.4, -0.2) is 5.11 Å². The van der Waals surface area contributed by atoms with Crippen LogP contribution in [0.4, 0.5) is 0 Å². The van der Waals surface area contributed by atoms with Gasteiger partial charge in [0.1, 0.15) is 5.75 Å². The van der Waals surface area contributed by atoms with Crippen LogP contribution >= 0.6 is 0 Å². The molecular weight excluding hydrogens is 136 g/mol. The molecule has 1 aliphatic rings. The van der Waals surface area contributed by atoms with E-state index in [2.05, 4.69) is 13.0 Å². The van der Waals surface area contributed by atoms with Gasteiger partial charge >= 0.3 is 0 Å². The van der Waals surface area contributed by atoms with Gasteiger partial charge in [0.25, 0.3) is 0 Å². The van der Waals surface area contributed by atoms with Gasteiger partial charge in [0, 0.05) is 0 Å². The fourth-order valence-electron chi connectivity index (χ4n) is 1.54. The van der Waals surface area contributed by atoms with Gasteiger partial charge in [0.2, 0.25) is 0 Å². The monoisotopic (exact) mass is 148 g/mol. The SMILES string of the molecule is C[C@H]1CC1c1cccc(O)c1. The lowest BCUT2D eigenvalue weighted by molar-refractivity contribution is 0.474. The van der Waals surface area contributed by atoms with Crippen LogP contribution in [0.25, 0.3) is 0 Å². The number of rotatable bonds is 1. The quantitative estimate of drug-likeness (QED) is 0.648. The standard InChI is InChI=1S/C10H12O/c1-7-5-10(7)8-3-2-4-9(11)6-8/h2-4,6-7,10-11H,5H2,1H3/t7-,10?/m0/s1. The molecule has 0 radical (unpaired) electrons. The molecule has 0 aliphatic heterocycles. The van der Waals surface area contributed by atoms with Crippen LogP contribution in [-0.2, 0) is 0 Å². The molecule has 0 heterocycles. The Morgan fingerprint density at radius 2 is 2.18 bits per heavy atom. The van der Waals surface area contributed by atoms with E-state index in [4.69, 9.17) is 0 Å². The van der Waals surface area contributed by atoms with E-state index in [-0.39, 0.29) is 0 Å². The van der Waals surface area contributed by atoms with Gasteiger partial charge in [-0.2, -0.15) is 0 Å². The molecular formula is C10H12O. The first-order valence-corrected chi connectivity index (χ1v) is 4.06. The minimum atomic E-state index is 0.390. The number of phenols is 1. The fraction of sp³-hybridized carbons (Fsp3) is 0.400. The van der Waals surface area contributed by atoms with Crippen molar-refractivity contribution in [1.82, 2.24) is 0 Å². The average molecular weight is 148 g/mol. The summed E-state index contributed by atoms with van der Waals surface area (Å²) >= 11 is 0. The van der Waals surface area contributed by atoms with E-state index < -0.39 is 0 Å². The second-order valence-corrected chi connectivity index (χ2v) is 3.41. The highest BCUT2D eigenvalue weighted by Crippen LogP contribution is 2.47. The predicted molar refractivity (Wildman–Crippen MR) is 44.6 cm³/mol. The van der Waals surface area contributed by atoms with Crippen LogP contribution in [0, 0.1) is 5.92 Å². The normalized spacial score (nSPS) is 28.5. The van der Waals surface area contributed by atoms with Crippen molar-refractivity contribution < 1.29 is 5.11 Å². The van der Waals surface area contributed by atoms with Gasteiger partial charge in [-0.3, -0.25) is 0 Å². The van der Waals surface area contributed by atoms with Crippen molar-refractivity contribution in [3.8, 4) is 5.75 Å². The van der Waals surface area contributed by atoms with E-state index in [1.165, 1.54) is 12.0 Å². The number of phenolic OH excluding ortho intramolecular Hbond substituents is 1. The Balaban J connectivity index is 2.25. The van der Waals surface area contributed by atoms with Gasteiger partial charge < -0.3 is 5.11 Å². The summed E-state index contributed by atoms with van der Waals surface area (Å²) in [6.45, 7) is 2.24. The molecule has 0 saturated heterocycles. The Labute approximate surface area is 66.7 Å². The molecule has 1 N–H and O–H groups in total. The molecule has 1 heteroatoms. The minimum absolute atomic E-state index is 0.390. The molecule has 1 unspecified atom stereocenters. The number of hydrogen-bond donors (Lipinski definition) is 1. The highest BCUT2D eigenvalue weighted by molar-refractivity contribution is 5.32. The molecule has 2 atom stereocenters. The molecule has 2 rings (SSSR count). The Morgan fingerprint density at radius 3 is 2.73 bits per heavy atom. The van der Waals surface area contributed by atoms with Gasteiger partial charge in [-0.1, -0.05) is 19.1 Å². The highest BCUT2D eigenvalue weighted by atomic mass is 16.3. The maximum absolute atomic E-state index is 9.18. The zero-order valence-corrected chi connectivity index (χ0v) is 6.62. The maximum Gasteiger partial charge on any atom is 0.115 e. The fourth-order valence-corrected chi connectivity index (χ4v) is 1.54. The lowest BCUT2D eigenvalue weighted by atomic mass is 10.1. The zero-order chi connectivity index (χ0) is 7.84. The molecule has 1 aromatic rings. The van der Waals surface area contributed by atoms with Gasteiger partial charge in [0.15, 0.2) is 0 Å². The first kappa shape index (κ1) is 6.71. The third-order valence-electron chi connectivity index (χ3n) is 2.41. The first-order chi connectivity index (χ1) is 5.27. The zero-order valence-electron chi connectivity index (χ0n) is 6.62. The Morgan fingerprint density at radius 1 is 1.45 bits per heavy atom. The number of aromatic hydroxyl groups is 1. The lowest BCUT2D eigenvalue weighted by Gasteiger charge is -1.97. The summed E-state index contributed by atoms with van der Waals surface area (Å²) < 4.78 is 0. The van der Waals surface area contributed by atoms with Crippen LogP contribution in [0.5, 0.6) is 5.75 Å². The van der Waals surface area contributed by atoms with Crippen molar-refractivity contribution in [2.75, 3.05) is 0 Å². The third-order valence-corrected chi connectivity index (χ3v) is 2.41. The van der Waals surface area contributed by atoms with Gasteiger partial charge in [-0.25, -0.2) is 0 Å². The Hall–Kier alpha value is -0.980. The molecule has 11 heavy (non-hydrogen) atoms. The smallest absolute Gasteiger partial charge is 0.115 e. The van der Waals surface area contributed by atoms with Crippen LogP contribution in [0.1, 0.15) is 24.8 Å². The third kappa shape index (κ3) is 1.23. The Kier molecular flexibility index (Phi) is 1.38. The molecule has 1 saturated carbocycles. The van der Waals surface area contributed by atoms with Crippen molar-refractivity contribution in [2.45, 2.75) is 19.3 Å². The molecule has 1 fully saturated rings. The lowest BCUT2D eigenvalue weighted by Crippen LogP contribution is -1.79. The largest absolute Gasteiger partial charge is 0.508 e. The molecule has 0 amide bonds. The van der Waals surface area contributed by atoms with Crippen molar-refractivity contribution in [1.29, 1.82) is 0 Å². The molecule has 1 nitrogen and oxygen atoms in total. The summed E-state index contributed by atoms with van der Waals surface area (Å²) in [7, 11) is 0. The van der Waals surface area contributed by atoms with Gasteiger partial charge in [-0.05, 0) is 36.0 Å². The predicted octanol–water partition coefficient (Wildman–Crippen LogP) is 2.52. The van der Waals surface area contributed by atoms with E-state index >= 15 is 0 Å². The van der Waals surface area contributed by atoms with Crippen molar-refractivity contribution >= 4 is 0 Å². The van der Waals surface area contributed by atoms with Crippen LogP contribution in [0.15, 0.2) is 24.3 Å². The van der Waals surface area contributed by atoms with Crippen molar-refractivity contribution in [3.63, 3.8) is 0 Å². The average Bonchev–Trinajstić information content (AvgIpc) is 2.67. The molecule has 1 aromatic carbocycles. The van der Waals surface area contributed by atoms with E-state index in [0.29, 0.717) is 11.7 Å². The number of hydrogen-bond acceptors (Lipinski definition) is 1. The van der Waals surface area contributed by atoms with Crippen molar-refractivity contribution in [2.24, 2.45) is 5.92 Å². The van der Waals surface area contributed by atoms with Crippen molar-refractivity contribution in [3.05, 3.63) is 29.8 Å².